The van der Waals surface area contributed by atoms with Gasteiger partial charge in [0, 0.05) is 0 Å². The number of halogens is 1. The molecule has 0 aliphatic rings. The van der Waals surface area contributed by atoms with E-state index >= 15 is 0 Å². The Kier molecular flexibility index (Phi) is 5.33. The normalized spacial score (nSPS) is 13.4. The number of nitrogens with zero attached hydrogens (tertiary/aromatic N) is 1. The molecule has 1 nitrogen and oxygen atoms in total. The van der Waals surface area contributed by atoms with Gasteiger partial charge < -0.3 is 0 Å². The Balaban J connectivity index is 2.16. The monoisotopic (exact) mass is 295 g/mol. The van der Waals surface area contributed by atoms with Crippen LogP contribution < -0.4 is 0 Å². The van der Waals surface area contributed by atoms with E-state index in [1.165, 1.54) is 0 Å². The lowest BCUT2D eigenvalue weighted by Crippen LogP contribution is -2.14. The third-order valence-corrected chi connectivity index (χ3v) is 4.06. The molecule has 22 heavy (non-hydrogen) atoms. The molecule has 0 saturated carbocycles. The molecule has 2 rings (SSSR count). The number of hydrogen-bond acceptors (Lipinski definition) is 1. The third kappa shape index (κ3) is 3.95. The Labute approximate surface area is 132 Å². The van der Waals surface area contributed by atoms with E-state index in [9.17, 15) is 4.39 Å². The zero-order valence-electron chi connectivity index (χ0n) is 13.3. The van der Waals surface area contributed by atoms with Crippen LogP contribution in [0.2, 0.25) is 0 Å². The van der Waals surface area contributed by atoms with E-state index in [-0.39, 0.29) is 0 Å². The maximum Gasteiger partial charge on any atom is 0.133 e. The molecule has 0 radical (unpaired) electrons. The van der Waals surface area contributed by atoms with Gasteiger partial charge in [0.15, 0.2) is 0 Å². The molecule has 2 aromatic carbocycles. The van der Waals surface area contributed by atoms with Crippen LogP contribution in [-0.2, 0) is 12.1 Å². The minimum atomic E-state index is -1.26. The molecule has 1 atom stereocenters. The number of unbranched alkanes of at least 4 members (excludes halogenated alkanes) is 1. The van der Waals surface area contributed by atoms with Gasteiger partial charge in [0.1, 0.15) is 5.67 Å². The molecule has 0 aromatic heterocycles. The van der Waals surface area contributed by atoms with Gasteiger partial charge >= 0.3 is 0 Å². The summed E-state index contributed by atoms with van der Waals surface area (Å²) in [6, 6.07) is 17.8. The molecule has 114 valence electrons. The van der Waals surface area contributed by atoms with Crippen LogP contribution in [0.25, 0.3) is 11.1 Å². The highest BCUT2D eigenvalue weighted by Crippen LogP contribution is 2.32. The fourth-order valence-electron chi connectivity index (χ4n) is 2.57. The number of alkyl halides is 1. The second-order valence-electron chi connectivity index (χ2n) is 5.91. The smallest absolute Gasteiger partial charge is 0.133 e. The molecule has 0 amide bonds. The zero-order valence-corrected chi connectivity index (χ0v) is 13.3. The van der Waals surface area contributed by atoms with Crippen LogP contribution in [0.4, 0.5) is 4.39 Å². The second kappa shape index (κ2) is 7.22. The first kappa shape index (κ1) is 16.2. The fourth-order valence-corrected chi connectivity index (χ4v) is 2.57. The van der Waals surface area contributed by atoms with Crippen molar-refractivity contribution in [3.8, 4) is 17.2 Å². The Hall–Kier alpha value is -2.14. The van der Waals surface area contributed by atoms with Crippen molar-refractivity contribution < 1.29 is 4.39 Å². The van der Waals surface area contributed by atoms with Gasteiger partial charge in [0.25, 0.3) is 0 Å². The summed E-state index contributed by atoms with van der Waals surface area (Å²) in [5.41, 5.74) is 2.65. The topological polar surface area (TPSA) is 23.8 Å². The summed E-state index contributed by atoms with van der Waals surface area (Å²) in [6.07, 6.45) is 2.89. The minimum absolute atomic E-state index is 0.427. The first-order valence-electron chi connectivity index (χ1n) is 7.82. The van der Waals surface area contributed by atoms with Crippen molar-refractivity contribution in [3.05, 3.63) is 59.7 Å². The predicted octanol–water partition coefficient (Wildman–Crippen LogP) is 5.79. The summed E-state index contributed by atoms with van der Waals surface area (Å²) < 4.78 is 14.7. The largest absolute Gasteiger partial charge is 0.239 e. The molecular formula is C20H22FN. The van der Waals surface area contributed by atoms with E-state index in [0.717, 1.165) is 35.1 Å². The van der Waals surface area contributed by atoms with E-state index in [2.05, 4.69) is 13.0 Å². The molecule has 0 unspecified atom stereocenters. The maximum absolute atomic E-state index is 14.7. The van der Waals surface area contributed by atoms with Crippen LogP contribution in [-0.4, -0.2) is 0 Å². The summed E-state index contributed by atoms with van der Waals surface area (Å²) >= 11 is 0. The predicted molar refractivity (Wildman–Crippen MR) is 89.2 cm³/mol. The molecule has 0 aliphatic carbocycles. The fraction of sp³-hybridized carbons (Fsp3) is 0.350. The van der Waals surface area contributed by atoms with Crippen molar-refractivity contribution in [3.63, 3.8) is 0 Å². The Morgan fingerprint density at radius 3 is 2.05 bits per heavy atom. The van der Waals surface area contributed by atoms with E-state index < -0.39 is 5.67 Å². The molecule has 0 heterocycles. The van der Waals surface area contributed by atoms with Crippen molar-refractivity contribution in [2.45, 2.75) is 45.2 Å². The molecule has 0 fully saturated rings. The average Bonchev–Trinajstić information content (AvgIpc) is 2.54. The summed E-state index contributed by atoms with van der Waals surface area (Å²) in [5.74, 6) is 0. The highest BCUT2D eigenvalue weighted by Gasteiger charge is 2.24. The van der Waals surface area contributed by atoms with Gasteiger partial charge in [-0.05, 0) is 35.6 Å². The van der Waals surface area contributed by atoms with Crippen LogP contribution >= 0.6 is 0 Å². The van der Waals surface area contributed by atoms with Crippen molar-refractivity contribution in [1.29, 1.82) is 5.26 Å². The number of nitriles is 1. The lowest BCUT2D eigenvalue weighted by Gasteiger charge is -2.21. The number of rotatable bonds is 6. The van der Waals surface area contributed by atoms with Crippen molar-refractivity contribution in [1.82, 2.24) is 0 Å². The summed E-state index contributed by atoms with van der Waals surface area (Å²) in [6.45, 7) is 3.74. The first-order chi connectivity index (χ1) is 10.6. The van der Waals surface area contributed by atoms with Crippen LogP contribution in [0.15, 0.2) is 48.5 Å². The van der Waals surface area contributed by atoms with Gasteiger partial charge in [-0.2, -0.15) is 5.26 Å². The lowest BCUT2D eigenvalue weighted by molar-refractivity contribution is 0.172. The molecule has 0 spiro atoms. The second-order valence-corrected chi connectivity index (χ2v) is 5.91. The highest BCUT2D eigenvalue weighted by atomic mass is 19.1. The first-order valence-corrected chi connectivity index (χ1v) is 7.82. The van der Waals surface area contributed by atoms with Crippen LogP contribution in [0.3, 0.4) is 0 Å². The minimum Gasteiger partial charge on any atom is -0.239 e. The molecule has 2 heteroatoms. The summed E-state index contributed by atoms with van der Waals surface area (Å²) in [5, 5.41) is 8.69. The Bertz CT molecular complexity index is 633. The van der Waals surface area contributed by atoms with Gasteiger partial charge in [-0.25, -0.2) is 4.39 Å². The van der Waals surface area contributed by atoms with Gasteiger partial charge in [-0.3, -0.25) is 0 Å². The molecule has 0 aliphatic heterocycles. The standard InChI is InChI=1S/C20H22FN/c1-3-4-14-20(2,21)19-11-9-18(10-12-19)17-7-5-16(6-8-17)13-15-22/h5-12H,3-4,13-14H2,1-2H3/t20-/m1/s1. The van der Waals surface area contributed by atoms with E-state index in [4.69, 9.17) is 5.26 Å². The van der Waals surface area contributed by atoms with Crippen molar-refractivity contribution in [2.75, 3.05) is 0 Å². The lowest BCUT2D eigenvalue weighted by atomic mass is 9.91. The van der Waals surface area contributed by atoms with Crippen LogP contribution in [0.1, 0.15) is 44.2 Å². The van der Waals surface area contributed by atoms with Crippen molar-refractivity contribution >= 4 is 0 Å². The Morgan fingerprint density at radius 2 is 1.55 bits per heavy atom. The molecule has 0 bridgehead atoms. The maximum atomic E-state index is 14.7. The third-order valence-electron chi connectivity index (χ3n) is 4.06. The van der Waals surface area contributed by atoms with E-state index in [0.29, 0.717) is 12.8 Å². The summed E-state index contributed by atoms with van der Waals surface area (Å²) in [4.78, 5) is 0. The van der Waals surface area contributed by atoms with Crippen LogP contribution in [0, 0.1) is 11.3 Å². The van der Waals surface area contributed by atoms with Gasteiger partial charge in [-0.1, -0.05) is 68.3 Å². The average molecular weight is 295 g/mol. The molecule has 0 N–H and O–H groups in total. The number of hydrogen-bond donors (Lipinski definition) is 0. The number of benzene rings is 2. The van der Waals surface area contributed by atoms with Crippen LogP contribution in [0.5, 0.6) is 0 Å². The van der Waals surface area contributed by atoms with Gasteiger partial charge in [-0.15, -0.1) is 0 Å². The Morgan fingerprint density at radius 1 is 1.00 bits per heavy atom. The SMILES string of the molecule is CCCC[C@@](C)(F)c1ccc(-c2ccc(CC#N)cc2)cc1. The quantitative estimate of drug-likeness (QED) is 0.661. The van der Waals surface area contributed by atoms with Gasteiger partial charge in [0.2, 0.25) is 0 Å². The molecule has 0 saturated heterocycles. The summed E-state index contributed by atoms with van der Waals surface area (Å²) in [7, 11) is 0. The zero-order chi connectivity index (χ0) is 16.0. The molecule has 2 aromatic rings. The highest BCUT2D eigenvalue weighted by molar-refractivity contribution is 5.64. The van der Waals surface area contributed by atoms with Gasteiger partial charge in [0.05, 0.1) is 12.5 Å². The molecular weight excluding hydrogens is 273 g/mol. The van der Waals surface area contributed by atoms with Crippen molar-refractivity contribution in [2.24, 2.45) is 0 Å². The van der Waals surface area contributed by atoms with E-state index in [1.807, 2.05) is 48.5 Å². The van der Waals surface area contributed by atoms with E-state index in [1.54, 1.807) is 6.92 Å².